The van der Waals surface area contributed by atoms with E-state index in [1.54, 1.807) is 0 Å². The topological polar surface area (TPSA) is 0 Å². The van der Waals surface area contributed by atoms with Gasteiger partial charge in [-0.25, -0.2) is 0 Å². The molecule has 0 saturated carbocycles. The molecule has 0 saturated heterocycles. The monoisotopic (exact) mass is 187 g/mol. The molecule has 47 valence electrons. The molecule has 5 heteroatoms. The first-order valence-corrected chi connectivity index (χ1v) is 7.58. The van der Waals surface area contributed by atoms with Crippen molar-refractivity contribution in [3.63, 3.8) is 0 Å². The normalized spacial score (nSPS) is 11.5. The molecule has 0 aliphatic heterocycles. The van der Waals surface area contributed by atoms with Gasteiger partial charge in [0.05, 0.1) is 0 Å². The lowest BCUT2D eigenvalue weighted by Crippen LogP contribution is -2.16. The summed E-state index contributed by atoms with van der Waals surface area (Å²) in [7, 11) is 1.90. The maximum Gasteiger partial charge on any atom is 0.241 e. The summed E-state index contributed by atoms with van der Waals surface area (Å²) < 4.78 is 0. The molecule has 1 radical (unpaired) electrons. The molecule has 0 N–H and O–H groups in total. The zero-order valence-electron chi connectivity index (χ0n) is 4.63. The van der Waals surface area contributed by atoms with E-state index in [2.05, 4.69) is 0 Å². The molecule has 0 amide bonds. The lowest BCUT2D eigenvalue weighted by Gasteiger charge is -2.05. The van der Waals surface area contributed by atoms with E-state index in [1.807, 2.05) is 13.8 Å². The lowest BCUT2D eigenvalue weighted by molar-refractivity contribution is 1.84. The van der Waals surface area contributed by atoms with E-state index >= 15 is 0 Å². The van der Waals surface area contributed by atoms with Gasteiger partial charge >= 0.3 is 0 Å². The summed E-state index contributed by atoms with van der Waals surface area (Å²) in [6.07, 6.45) is 0. The summed E-state index contributed by atoms with van der Waals surface area (Å²) in [5, 5.41) is 0. The fourth-order valence-corrected chi connectivity index (χ4v) is 1.91. The van der Waals surface area contributed by atoms with Crippen molar-refractivity contribution in [1.82, 2.24) is 0 Å². The number of hydrogen-bond acceptors (Lipinski definition) is 0. The van der Waals surface area contributed by atoms with Crippen LogP contribution in [0.4, 0.5) is 0 Å². The van der Waals surface area contributed by atoms with Gasteiger partial charge in [0.15, 0.2) is 0 Å². The van der Waals surface area contributed by atoms with Gasteiger partial charge in [0.25, 0.3) is 0 Å². The third-order valence-electron chi connectivity index (χ3n) is 0.612. The molecule has 0 aromatic heterocycles. The smallest absolute Gasteiger partial charge is 0.147 e. The quantitative estimate of drug-likeness (QED) is 0.362. The zero-order valence-corrected chi connectivity index (χ0v) is 7.89. The van der Waals surface area contributed by atoms with E-state index in [4.69, 9.17) is 33.8 Å². The molecule has 0 heterocycles. The molecule has 0 bridgehead atoms. The van der Waals surface area contributed by atoms with E-state index in [-0.39, 0.29) is 0 Å². The Balaban J connectivity index is 3.11. The predicted octanol–water partition coefficient (Wildman–Crippen LogP) is 2.39. The maximum absolute atomic E-state index is 5.73. The molecule has 0 spiro atoms. The van der Waals surface area contributed by atoms with E-state index in [9.17, 15) is 0 Å². The Hall–Kier alpha value is 1.15. The molecule has 0 unspecified atom stereocenters. The van der Waals surface area contributed by atoms with Crippen LogP contribution in [-0.4, -0.2) is 19.8 Å². The van der Waals surface area contributed by atoms with Crippen LogP contribution < -0.4 is 0 Å². The average Bonchev–Trinajstić information content (AvgIpc) is 1.59. The fourth-order valence-electron chi connectivity index (χ4n) is 0.308. The van der Waals surface area contributed by atoms with Crippen LogP contribution in [0.1, 0.15) is 0 Å². The third kappa shape index (κ3) is 7.15. The predicted molar refractivity (Wildman–Crippen MR) is 44.6 cm³/mol. The van der Waals surface area contributed by atoms with Crippen molar-refractivity contribution in [2.45, 2.75) is 12.5 Å². The fraction of sp³-hybridized carbons (Fsp3) is 1.00. The Morgan fingerprint density at radius 2 is 2.00 bits per heavy atom. The zero-order chi connectivity index (χ0) is 6.62. The molecule has 0 atom stereocenters. The van der Waals surface area contributed by atoms with Crippen molar-refractivity contribution in [2.75, 3.05) is 5.78 Å². The summed E-state index contributed by atoms with van der Waals surface area (Å²) in [6.45, 7) is 0.000424. The minimum Gasteiger partial charge on any atom is -0.147 e. The molecule has 0 rings (SSSR count). The molecule has 0 nitrogen and oxygen atoms in total. The first-order valence-electron chi connectivity index (χ1n) is 2.32. The van der Waals surface area contributed by atoms with Gasteiger partial charge in [0.1, 0.15) is 7.28 Å². The number of hydrogen-bond donors (Lipinski definition) is 0. The first-order chi connectivity index (χ1) is 3.56. The van der Waals surface area contributed by atoms with Gasteiger partial charge in [-0.05, 0) is 12.3 Å². The van der Waals surface area contributed by atoms with Crippen LogP contribution in [0.15, 0.2) is 0 Å². The highest BCUT2D eigenvalue weighted by Gasteiger charge is 2.19. The summed E-state index contributed by atoms with van der Waals surface area (Å²) in [5.41, 5.74) is 0. The molecular weight excluding hydrogens is 181 g/mol. The Morgan fingerprint density at radius 3 is 2.12 bits per heavy atom. The van der Waals surface area contributed by atoms with Gasteiger partial charge in [0, 0.05) is 0 Å². The standard InChI is InChI=1S/C3H7BCl3Si/c1-8(6,7)3-4-2-5/h2-3H2,1H3. The maximum atomic E-state index is 5.73. The van der Waals surface area contributed by atoms with Crippen LogP contribution in [0.5, 0.6) is 0 Å². The molecule has 0 aliphatic carbocycles. The van der Waals surface area contributed by atoms with Crippen molar-refractivity contribution in [2.24, 2.45) is 0 Å². The molecule has 0 aromatic rings. The highest BCUT2D eigenvalue weighted by atomic mass is 35.7. The summed E-state index contributed by atoms with van der Waals surface area (Å²) >= 11 is 16.8. The van der Waals surface area contributed by atoms with Crippen LogP contribution in [0.3, 0.4) is 0 Å². The summed E-state index contributed by atoms with van der Waals surface area (Å²) in [6, 6.07) is 0. The van der Waals surface area contributed by atoms with Crippen molar-refractivity contribution in [3.8, 4) is 0 Å². The second kappa shape index (κ2) is 4.05. The van der Waals surface area contributed by atoms with E-state index < -0.39 is 6.69 Å². The molecule has 0 fully saturated rings. The Bertz CT molecular complexity index is 62.0. The summed E-state index contributed by atoms with van der Waals surface area (Å²) in [5.74, 6) is 1.32. The van der Waals surface area contributed by atoms with Gasteiger partial charge < -0.3 is 0 Å². The second-order valence-electron chi connectivity index (χ2n) is 1.72. The molecular formula is C3H7BCl3Si. The minimum absolute atomic E-state index is 0.544. The van der Waals surface area contributed by atoms with Crippen LogP contribution in [0, 0.1) is 0 Å². The SMILES string of the molecule is C[Si](Cl)(Cl)C[B]CCl. The van der Waals surface area contributed by atoms with Crippen LogP contribution in [-0.2, 0) is 0 Å². The number of halogens is 3. The number of rotatable bonds is 3. The minimum atomic E-state index is -1.87. The van der Waals surface area contributed by atoms with Crippen molar-refractivity contribution >= 4 is 47.7 Å². The highest BCUT2D eigenvalue weighted by Crippen LogP contribution is 2.17. The van der Waals surface area contributed by atoms with Gasteiger partial charge in [-0.1, -0.05) is 5.94 Å². The highest BCUT2D eigenvalue weighted by molar-refractivity contribution is 7.46. The Morgan fingerprint density at radius 1 is 1.50 bits per heavy atom. The molecule has 0 aromatic carbocycles. The van der Waals surface area contributed by atoms with Crippen molar-refractivity contribution in [3.05, 3.63) is 0 Å². The Kier molecular flexibility index (Phi) is 4.63. The van der Waals surface area contributed by atoms with E-state index in [0.717, 1.165) is 5.94 Å². The van der Waals surface area contributed by atoms with Crippen LogP contribution in [0.25, 0.3) is 0 Å². The van der Waals surface area contributed by atoms with Gasteiger partial charge in [-0.2, -0.15) is 0 Å². The lowest BCUT2D eigenvalue weighted by atomic mass is 9.86. The van der Waals surface area contributed by atoms with Crippen LogP contribution >= 0.6 is 33.8 Å². The van der Waals surface area contributed by atoms with Crippen molar-refractivity contribution < 1.29 is 0 Å². The van der Waals surface area contributed by atoms with Gasteiger partial charge in [0.2, 0.25) is 6.69 Å². The average molecular weight is 188 g/mol. The second-order valence-corrected chi connectivity index (χ2v) is 10.2. The first kappa shape index (κ1) is 9.15. The van der Waals surface area contributed by atoms with Gasteiger partial charge in [-0.15, -0.1) is 33.8 Å². The van der Waals surface area contributed by atoms with Crippen LogP contribution in [0.2, 0.25) is 12.5 Å². The molecule has 8 heavy (non-hydrogen) atoms. The third-order valence-corrected chi connectivity index (χ3v) is 2.76. The Labute approximate surface area is 66.2 Å². The van der Waals surface area contributed by atoms with Gasteiger partial charge in [-0.3, -0.25) is 0 Å². The molecule has 0 aliphatic rings. The largest absolute Gasteiger partial charge is 0.241 e. The van der Waals surface area contributed by atoms with E-state index in [0.29, 0.717) is 5.78 Å². The van der Waals surface area contributed by atoms with E-state index in [1.165, 1.54) is 0 Å². The summed E-state index contributed by atoms with van der Waals surface area (Å²) in [4.78, 5) is 0. The van der Waals surface area contributed by atoms with Crippen molar-refractivity contribution in [1.29, 1.82) is 0 Å². The number of alkyl halides is 1.